The maximum Gasteiger partial charge on any atom is 0.0769 e. The Kier molecular flexibility index (Phi) is 5.04. The molecule has 1 atom stereocenters. The summed E-state index contributed by atoms with van der Waals surface area (Å²) in [7, 11) is 0. The molecule has 0 radical (unpaired) electrons. The lowest BCUT2D eigenvalue weighted by Crippen LogP contribution is -2.26. The number of aromatic nitrogens is 2. The molecule has 3 nitrogen and oxygen atoms in total. The maximum absolute atomic E-state index is 4.07. The lowest BCUT2D eigenvalue weighted by molar-refractivity contribution is 0.508. The predicted octanol–water partition coefficient (Wildman–Crippen LogP) is 2.90. The van der Waals surface area contributed by atoms with Crippen LogP contribution in [-0.2, 0) is 13.0 Å². The Labute approximate surface area is 115 Å². The molecule has 3 heteroatoms. The number of nitrogens with zero attached hydrogens (tertiary/aromatic N) is 2. The van der Waals surface area contributed by atoms with E-state index in [1.54, 1.807) is 6.20 Å². The van der Waals surface area contributed by atoms with Crippen LogP contribution < -0.4 is 5.32 Å². The van der Waals surface area contributed by atoms with Crippen LogP contribution in [0.2, 0.25) is 0 Å². The van der Waals surface area contributed by atoms with Gasteiger partial charge >= 0.3 is 0 Å². The number of benzene rings is 1. The molecule has 1 N–H and O–H groups in total. The molecular formula is C16H21N3. The average Bonchev–Trinajstić information content (AvgIpc) is 2.44. The third kappa shape index (κ3) is 4.79. The number of nitrogens with one attached hydrogen (secondary N) is 1. The first-order chi connectivity index (χ1) is 9.24. The van der Waals surface area contributed by atoms with Gasteiger partial charge in [0.15, 0.2) is 0 Å². The fourth-order valence-corrected chi connectivity index (χ4v) is 2.06. The summed E-state index contributed by atoms with van der Waals surface area (Å²) in [6, 6.07) is 13.1. The van der Waals surface area contributed by atoms with Gasteiger partial charge in [0, 0.05) is 18.8 Å². The molecule has 1 aromatic carbocycles. The Hall–Kier alpha value is -1.74. The smallest absolute Gasteiger partial charge is 0.0769 e. The van der Waals surface area contributed by atoms with Gasteiger partial charge in [-0.3, -0.25) is 0 Å². The largest absolute Gasteiger partial charge is 0.309 e. The highest BCUT2D eigenvalue weighted by atomic mass is 15.1. The van der Waals surface area contributed by atoms with Gasteiger partial charge in [-0.15, -0.1) is 0 Å². The number of rotatable bonds is 6. The van der Waals surface area contributed by atoms with Crippen LogP contribution in [0.25, 0.3) is 0 Å². The molecule has 0 aliphatic carbocycles. The summed E-state index contributed by atoms with van der Waals surface area (Å²) in [6.07, 6.45) is 3.94. The highest BCUT2D eigenvalue weighted by molar-refractivity contribution is 5.22. The van der Waals surface area contributed by atoms with Crippen molar-refractivity contribution in [3.8, 4) is 0 Å². The normalized spacial score (nSPS) is 12.3. The van der Waals surface area contributed by atoms with Gasteiger partial charge in [-0.1, -0.05) is 29.8 Å². The van der Waals surface area contributed by atoms with Crippen LogP contribution >= 0.6 is 0 Å². The number of hydrogen-bond donors (Lipinski definition) is 1. The topological polar surface area (TPSA) is 37.8 Å². The first kappa shape index (κ1) is 13.7. The Morgan fingerprint density at radius 1 is 1.21 bits per heavy atom. The third-order valence-corrected chi connectivity index (χ3v) is 3.21. The van der Waals surface area contributed by atoms with E-state index in [1.807, 2.05) is 12.1 Å². The van der Waals surface area contributed by atoms with Gasteiger partial charge in [0.1, 0.15) is 0 Å². The Morgan fingerprint density at radius 3 is 2.84 bits per heavy atom. The van der Waals surface area contributed by atoms with E-state index in [4.69, 9.17) is 0 Å². The molecule has 1 heterocycles. The predicted molar refractivity (Wildman–Crippen MR) is 77.8 cm³/mol. The summed E-state index contributed by atoms with van der Waals surface area (Å²) in [4.78, 5) is 0. The number of aryl methyl sites for hydroxylation is 2. The van der Waals surface area contributed by atoms with Crippen molar-refractivity contribution < 1.29 is 0 Å². The highest BCUT2D eigenvalue weighted by Gasteiger charge is 2.03. The van der Waals surface area contributed by atoms with Crippen LogP contribution in [-0.4, -0.2) is 16.2 Å². The molecular weight excluding hydrogens is 234 g/mol. The van der Waals surface area contributed by atoms with Crippen molar-refractivity contribution in [2.24, 2.45) is 0 Å². The summed E-state index contributed by atoms with van der Waals surface area (Å²) in [5, 5.41) is 11.4. The SMILES string of the molecule is Cc1cccc(CCC(C)NCc2cccnn2)c1. The molecule has 0 saturated carbocycles. The van der Waals surface area contributed by atoms with Gasteiger partial charge in [-0.05, 0) is 44.4 Å². The van der Waals surface area contributed by atoms with Crippen LogP contribution in [0.15, 0.2) is 42.6 Å². The number of hydrogen-bond acceptors (Lipinski definition) is 3. The van der Waals surface area contributed by atoms with E-state index in [-0.39, 0.29) is 0 Å². The minimum Gasteiger partial charge on any atom is -0.309 e. The van der Waals surface area contributed by atoms with Gasteiger partial charge < -0.3 is 5.32 Å². The van der Waals surface area contributed by atoms with Crippen molar-refractivity contribution in [2.45, 2.75) is 39.3 Å². The fourth-order valence-electron chi connectivity index (χ4n) is 2.06. The minimum atomic E-state index is 0.475. The summed E-state index contributed by atoms with van der Waals surface area (Å²) < 4.78 is 0. The Morgan fingerprint density at radius 2 is 2.11 bits per heavy atom. The van der Waals surface area contributed by atoms with E-state index in [2.05, 4.69) is 53.6 Å². The van der Waals surface area contributed by atoms with Crippen molar-refractivity contribution in [3.05, 3.63) is 59.4 Å². The van der Waals surface area contributed by atoms with Gasteiger partial charge in [0.25, 0.3) is 0 Å². The minimum absolute atomic E-state index is 0.475. The lowest BCUT2D eigenvalue weighted by Gasteiger charge is -2.13. The van der Waals surface area contributed by atoms with E-state index >= 15 is 0 Å². The zero-order chi connectivity index (χ0) is 13.5. The molecule has 100 valence electrons. The maximum atomic E-state index is 4.07. The van der Waals surface area contributed by atoms with Crippen LogP contribution in [0.3, 0.4) is 0 Å². The zero-order valence-electron chi connectivity index (χ0n) is 11.6. The van der Waals surface area contributed by atoms with Crippen LogP contribution in [0, 0.1) is 6.92 Å². The molecule has 0 spiro atoms. The summed E-state index contributed by atoms with van der Waals surface area (Å²) in [5.74, 6) is 0. The second kappa shape index (κ2) is 7.00. The summed E-state index contributed by atoms with van der Waals surface area (Å²) in [6.45, 7) is 5.13. The van der Waals surface area contributed by atoms with Crippen molar-refractivity contribution in [1.29, 1.82) is 0 Å². The zero-order valence-corrected chi connectivity index (χ0v) is 11.6. The quantitative estimate of drug-likeness (QED) is 0.862. The van der Waals surface area contributed by atoms with E-state index in [0.717, 1.165) is 25.1 Å². The standard InChI is InChI=1S/C16H21N3/c1-13-5-3-6-15(11-13)9-8-14(2)17-12-16-7-4-10-18-19-16/h3-7,10-11,14,17H,8-9,12H2,1-2H3. The molecule has 19 heavy (non-hydrogen) atoms. The van der Waals surface area contributed by atoms with Gasteiger partial charge in [0.05, 0.1) is 5.69 Å². The Bertz CT molecular complexity index is 496. The molecule has 2 rings (SSSR count). The van der Waals surface area contributed by atoms with E-state index in [1.165, 1.54) is 11.1 Å². The van der Waals surface area contributed by atoms with E-state index in [9.17, 15) is 0 Å². The monoisotopic (exact) mass is 255 g/mol. The molecule has 0 aliphatic heterocycles. The van der Waals surface area contributed by atoms with Gasteiger partial charge in [-0.2, -0.15) is 10.2 Å². The van der Waals surface area contributed by atoms with Gasteiger partial charge in [-0.25, -0.2) is 0 Å². The van der Waals surface area contributed by atoms with Gasteiger partial charge in [0.2, 0.25) is 0 Å². The summed E-state index contributed by atoms with van der Waals surface area (Å²) >= 11 is 0. The summed E-state index contributed by atoms with van der Waals surface area (Å²) in [5.41, 5.74) is 3.73. The van der Waals surface area contributed by atoms with Crippen molar-refractivity contribution in [2.75, 3.05) is 0 Å². The average molecular weight is 255 g/mol. The molecule has 0 saturated heterocycles. The molecule has 1 aromatic heterocycles. The molecule has 2 aromatic rings. The first-order valence-corrected chi connectivity index (χ1v) is 6.79. The van der Waals surface area contributed by atoms with Crippen molar-refractivity contribution in [1.82, 2.24) is 15.5 Å². The van der Waals surface area contributed by atoms with Crippen LogP contribution in [0.4, 0.5) is 0 Å². The lowest BCUT2D eigenvalue weighted by atomic mass is 10.0. The molecule has 0 amide bonds. The second-order valence-corrected chi connectivity index (χ2v) is 5.02. The first-order valence-electron chi connectivity index (χ1n) is 6.79. The van der Waals surface area contributed by atoms with Crippen LogP contribution in [0.1, 0.15) is 30.2 Å². The third-order valence-electron chi connectivity index (χ3n) is 3.21. The van der Waals surface area contributed by atoms with Crippen LogP contribution in [0.5, 0.6) is 0 Å². The molecule has 0 fully saturated rings. The second-order valence-electron chi connectivity index (χ2n) is 5.02. The molecule has 0 aliphatic rings. The molecule has 1 unspecified atom stereocenters. The molecule has 0 bridgehead atoms. The fraction of sp³-hybridized carbons (Fsp3) is 0.375. The van der Waals surface area contributed by atoms with E-state index < -0.39 is 0 Å². The van der Waals surface area contributed by atoms with Crippen molar-refractivity contribution >= 4 is 0 Å². The van der Waals surface area contributed by atoms with Crippen molar-refractivity contribution in [3.63, 3.8) is 0 Å². The highest BCUT2D eigenvalue weighted by Crippen LogP contribution is 2.08. The Balaban J connectivity index is 1.74. The van der Waals surface area contributed by atoms with E-state index in [0.29, 0.717) is 6.04 Å².